The number of fused-ring (bicyclic) bond motifs is 1. The molecule has 3 amide bonds. The van der Waals surface area contributed by atoms with E-state index in [2.05, 4.69) is 10.6 Å². The van der Waals surface area contributed by atoms with Crippen LogP contribution in [-0.2, 0) is 9.59 Å². The maximum atomic E-state index is 12.4. The number of amides is 3. The Balaban J connectivity index is 2.00. The van der Waals surface area contributed by atoms with Crippen molar-refractivity contribution in [1.82, 2.24) is 10.6 Å². The average molecular weight is 386 g/mol. The van der Waals surface area contributed by atoms with Crippen LogP contribution in [-0.4, -0.2) is 43.5 Å². The van der Waals surface area contributed by atoms with Crippen molar-refractivity contribution in [3.05, 3.63) is 42.0 Å². The summed E-state index contributed by atoms with van der Waals surface area (Å²) in [6.45, 7) is 2.27. The first kappa shape index (κ1) is 21.2. The predicted molar refractivity (Wildman–Crippen MR) is 107 cm³/mol. The molecule has 0 aliphatic heterocycles. The number of hydrogen-bond acceptors (Lipinski definition) is 5. The summed E-state index contributed by atoms with van der Waals surface area (Å²) in [6.07, 6.45) is 1.41. The van der Waals surface area contributed by atoms with E-state index in [-0.39, 0.29) is 12.5 Å². The van der Waals surface area contributed by atoms with Crippen LogP contribution in [0, 0.1) is 0 Å². The molecule has 0 spiro atoms. The molecule has 28 heavy (non-hydrogen) atoms. The second kappa shape index (κ2) is 10.3. The van der Waals surface area contributed by atoms with Crippen LogP contribution < -0.4 is 26.8 Å². The fourth-order valence-electron chi connectivity index (χ4n) is 2.56. The van der Waals surface area contributed by atoms with Crippen LogP contribution >= 0.6 is 0 Å². The van der Waals surface area contributed by atoms with Gasteiger partial charge in [-0.2, -0.15) is 0 Å². The number of benzene rings is 2. The Bertz CT molecular complexity index is 851. The van der Waals surface area contributed by atoms with Crippen molar-refractivity contribution in [3.8, 4) is 5.75 Å². The Morgan fingerprint density at radius 2 is 1.75 bits per heavy atom. The van der Waals surface area contributed by atoms with Gasteiger partial charge < -0.3 is 26.8 Å². The number of nitrogens with one attached hydrogen (secondary N) is 2. The van der Waals surface area contributed by atoms with Crippen LogP contribution in [0.1, 0.15) is 30.1 Å². The lowest BCUT2D eigenvalue weighted by molar-refractivity contribution is -0.122. The summed E-state index contributed by atoms with van der Waals surface area (Å²) < 4.78 is 5.81. The number of ether oxygens (including phenoxy) is 1. The minimum atomic E-state index is -0.620. The van der Waals surface area contributed by atoms with Crippen molar-refractivity contribution >= 4 is 28.5 Å². The van der Waals surface area contributed by atoms with Crippen molar-refractivity contribution < 1.29 is 19.1 Å². The molecule has 0 aliphatic carbocycles. The summed E-state index contributed by atoms with van der Waals surface area (Å²) in [5, 5.41) is 7.04. The molecular weight excluding hydrogens is 360 g/mol. The van der Waals surface area contributed by atoms with Crippen molar-refractivity contribution in [2.24, 2.45) is 11.5 Å². The average Bonchev–Trinajstić information content (AvgIpc) is 2.67. The second-order valence-corrected chi connectivity index (χ2v) is 6.48. The molecule has 2 aromatic rings. The van der Waals surface area contributed by atoms with Gasteiger partial charge in [0.25, 0.3) is 5.91 Å². The van der Waals surface area contributed by atoms with E-state index in [4.69, 9.17) is 16.2 Å². The molecule has 8 heteroatoms. The Morgan fingerprint density at radius 3 is 2.39 bits per heavy atom. The largest absolute Gasteiger partial charge is 0.493 e. The van der Waals surface area contributed by atoms with E-state index in [0.29, 0.717) is 30.9 Å². The molecule has 1 unspecified atom stereocenters. The molecule has 6 N–H and O–H groups in total. The molecule has 0 saturated carbocycles. The van der Waals surface area contributed by atoms with Crippen LogP contribution in [0.15, 0.2) is 36.4 Å². The van der Waals surface area contributed by atoms with Crippen LogP contribution in [0.5, 0.6) is 5.75 Å². The SMILES string of the molecule is CC(N)C(=O)NCCCCOc1cc2ccccc2cc1C(=O)NCC(N)=O. The normalized spacial score (nSPS) is 11.6. The van der Waals surface area contributed by atoms with E-state index in [1.165, 1.54) is 0 Å². The molecular formula is C20H26N4O4. The van der Waals surface area contributed by atoms with Crippen molar-refractivity contribution in [2.45, 2.75) is 25.8 Å². The summed E-state index contributed by atoms with van der Waals surface area (Å²) in [4.78, 5) is 34.8. The lowest BCUT2D eigenvalue weighted by atomic mass is 10.1. The third-order valence-electron chi connectivity index (χ3n) is 4.06. The molecule has 1 atom stereocenters. The highest BCUT2D eigenvalue weighted by Gasteiger charge is 2.15. The quantitative estimate of drug-likeness (QED) is 0.445. The first-order valence-electron chi connectivity index (χ1n) is 9.14. The number of nitrogens with two attached hydrogens (primary N) is 2. The van der Waals surface area contributed by atoms with Gasteiger partial charge in [0.2, 0.25) is 11.8 Å². The molecule has 0 radical (unpaired) electrons. The molecule has 0 saturated heterocycles. The minimum absolute atomic E-state index is 0.191. The zero-order valence-corrected chi connectivity index (χ0v) is 15.9. The Morgan fingerprint density at radius 1 is 1.07 bits per heavy atom. The van der Waals surface area contributed by atoms with E-state index in [0.717, 1.165) is 17.2 Å². The minimum Gasteiger partial charge on any atom is -0.493 e. The lowest BCUT2D eigenvalue weighted by Gasteiger charge is -2.13. The number of carbonyl (C=O) groups excluding carboxylic acids is 3. The summed E-state index contributed by atoms with van der Waals surface area (Å²) in [5.41, 5.74) is 10.9. The summed E-state index contributed by atoms with van der Waals surface area (Å²) in [6, 6.07) is 10.6. The van der Waals surface area contributed by atoms with E-state index in [1.807, 2.05) is 24.3 Å². The smallest absolute Gasteiger partial charge is 0.255 e. The van der Waals surface area contributed by atoms with Gasteiger partial charge in [0, 0.05) is 6.54 Å². The number of unbranched alkanes of at least 4 members (excludes halogenated alkanes) is 1. The maximum absolute atomic E-state index is 12.4. The highest BCUT2D eigenvalue weighted by molar-refractivity contribution is 6.02. The first-order chi connectivity index (χ1) is 13.4. The second-order valence-electron chi connectivity index (χ2n) is 6.48. The summed E-state index contributed by atoms with van der Waals surface area (Å²) >= 11 is 0. The van der Waals surface area contributed by atoms with Crippen molar-refractivity contribution in [3.63, 3.8) is 0 Å². The topological polar surface area (TPSA) is 137 Å². The highest BCUT2D eigenvalue weighted by Crippen LogP contribution is 2.26. The van der Waals surface area contributed by atoms with Crippen LogP contribution in [0.3, 0.4) is 0 Å². The third-order valence-corrected chi connectivity index (χ3v) is 4.06. The van der Waals surface area contributed by atoms with Gasteiger partial charge in [0.1, 0.15) is 5.75 Å². The molecule has 0 heterocycles. The number of carbonyl (C=O) groups is 3. The van der Waals surface area contributed by atoms with Gasteiger partial charge in [0.15, 0.2) is 0 Å². The molecule has 150 valence electrons. The number of rotatable bonds is 10. The van der Waals surface area contributed by atoms with Gasteiger partial charge in [-0.15, -0.1) is 0 Å². The van der Waals surface area contributed by atoms with Gasteiger partial charge in [-0.1, -0.05) is 24.3 Å². The molecule has 0 aromatic heterocycles. The van der Waals surface area contributed by atoms with E-state index in [1.54, 1.807) is 19.1 Å². The fourth-order valence-corrected chi connectivity index (χ4v) is 2.56. The molecule has 2 aromatic carbocycles. The maximum Gasteiger partial charge on any atom is 0.255 e. The predicted octanol–water partition coefficient (Wildman–Crippen LogP) is 0.677. The van der Waals surface area contributed by atoms with E-state index >= 15 is 0 Å². The van der Waals surface area contributed by atoms with Gasteiger partial charge in [0.05, 0.1) is 24.8 Å². The molecule has 0 aliphatic rings. The van der Waals surface area contributed by atoms with Gasteiger partial charge in [-0.3, -0.25) is 14.4 Å². The Labute approximate surface area is 163 Å². The van der Waals surface area contributed by atoms with Crippen LogP contribution in [0.2, 0.25) is 0 Å². The van der Waals surface area contributed by atoms with Crippen LogP contribution in [0.25, 0.3) is 10.8 Å². The molecule has 2 rings (SSSR count). The first-order valence-corrected chi connectivity index (χ1v) is 9.14. The van der Waals surface area contributed by atoms with E-state index < -0.39 is 17.9 Å². The van der Waals surface area contributed by atoms with Gasteiger partial charge in [-0.05, 0) is 42.7 Å². The highest BCUT2D eigenvalue weighted by atomic mass is 16.5. The number of hydrogen-bond donors (Lipinski definition) is 4. The van der Waals surface area contributed by atoms with Gasteiger partial charge in [-0.25, -0.2) is 0 Å². The Hall–Kier alpha value is -3.13. The fraction of sp³-hybridized carbons (Fsp3) is 0.350. The van der Waals surface area contributed by atoms with Gasteiger partial charge >= 0.3 is 0 Å². The molecule has 0 fully saturated rings. The molecule has 0 bridgehead atoms. The van der Waals surface area contributed by atoms with Crippen LogP contribution in [0.4, 0.5) is 0 Å². The Kier molecular flexibility index (Phi) is 7.76. The zero-order chi connectivity index (χ0) is 20.5. The third kappa shape index (κ3) is 6.24. The standard InChI is InChI=1S/C20H26N4O4/c1-13(21)19(26)23-8-4-5-9-28-17-11-15-7-3-2-6-14(15)10-16(17)20(27)24-12-18(22)25/h2-3,6-7,10-11,13H,4-5,8-9,12,21H2,1H3,(H2,22,25)(H,23,26)(H,24,27). The summed E-state index contributed by atoms with van der Waals surface area (Å²) in [5.74, 6) is -0.807. The van der Waals surface area contributed by atoms with Crippen molar-refractivity contribution in [2.75, 3.05) is 19.7 Å². The van der Waals surface area contributed by atoms with Crippen molar-refractivity contribution in [1.29, 1.82) is 0 Å². The lowest BCUT2D eigenvalue weighted by Crippen LogP contribution is -2.38. The number of primary amides is 1. The van der Waals surface area contributed by atoms with E-state index in [9.17, 15) is 14.4 Å². The molecule has 8 nitrogen and oxygen atoms in total. The monoisotopic (exact) mass is 386 g/mol. The zero-order valence-electron chi connectivity index (χ0n) is 15.9. The summed E-state index contributed by atoms with van der Waals surface area (Å²) in [7, 11) is 0.